The van der Waals surface area contributed by atoms with Crippen molar-refractivity contribution in [2.75, 3.05) is 19.6 Å². The van der Waals surface area contributed by atoms with E-state index in [2.05, 4.69) is 0 Å². The van der Waals surface area contributed by atoms with E-state index in [-0.39, 0.29) is 17.9 Å². The Balaban J connectivity index is 2.39. The SMILES string of the molecule is CCCN(CCC)C(=O)CCCC(=O)N1CCC(C(=O)O)C1C. The van der Waals surface area contributed by atoms with Gasteiger partial charge in [0.05, 0.1) is 5.92 Å². The Labute approximate surface area is 138 Å². The number of aliphatic carboxylic acids is 1. The molecule has 0 bridgehead atoms. The van der Waals surface area contributed by atoms with E-state index in [9.17, 15) is 14.4 Å². The molecule has 1 heterocycles. The topological polar surface area (TPSA) is 77.9 Å². The minimum Gasteiger partial charge on any atom is -0.481 e. The highest BCUT2D eigenvalue weighted by Gasteiger charge is 2.37. The van der Waals surface area contributed by atoms with Gasteiger partial charge in [-0.25, -0.2) is 0 Å². The van der Waals surface area contributed by atoms with Crippen molar-refractivity contribution in [2.24, 2.45) is 5.92 Å². The molecule has 23 heavy (non-hydrogen) atoms. The van der Waals surface area contributed by atoms with Crippen molar-refractivity contribution in [3.05, 3.63) is 0 Å². The summed E-state index contributed by atoms with van der Waals surface area (Å²) in [7, 11) is 0. The van der Waals surface area contributed by atoms with Crippen LogP contribution in [0.1, 0.15) is 59.3 Å². The molecule has 0 aromatic rings. The predicted molar refractivity (Wildman–Crippen MR) is 87.9 cm³/mol. The summed E-state index contributed by atoms with van der Waals surface area (Å²) in [4.78, 5) is 39.0. The molecule has 6 nitrogen and oxygen atoms in total. The van der Waals surface area contributed by atoms with E-state index in [0.29, 0.717) is 32.2 Å². The van der Waals surface area contributed by atoms with E-state index in [0.717, 1.165) is 25.9 Å². The number of rotatable bonds is 9. The van der Waals surface area contributed by atoms with Crippen LogP contribution in [-0.4, -0.2) is 58.4 Å². The Morgan fingerprint density at radius 1 is 1.13 bits per heavy atom. The molecule has 1 fully saturated rings. The van der Waals surface area contributed by atoms with Crippen LogP contribution in [0, 0.1) is 5.92 Å². The summed E-state index contributed by atoms with van der Waals surface area (Å²) >= 11 is 0. The zero-order valence-electron chi connectivity index (χ0n) is 14.6. The fourth-order valence-corrected chi connectivity index (χ4v) is 3.22. The first-order valence-corrected chi connectivity index (χ1v) is 8.72. The van der Waals surface area contributed by atoms with Gasteiger partial charge in [-0.3, -0.25) is 14.4 Å². The molecule has 0 aromatic carbocycles. The Hall–Kier alpha value is -1.59. The lowest BCUT2D eigenvalue weighted by molar-refractivity contribution is -0.143. The van der Waals surface area contributed by atoms with Crippen LogP contribution in [-0.2, 0) is 14.4 Å². The minimum atomic E-state index is -0.835. The molecule has 1 rings (SSSR count). The van der Waals surface area contributed by atoms with Gasteiger partial charge in [0.2, 0.25) is 11.8 Å². The monoisotopic (exact) mass is 326 g/mol. The Bertz CT molecular complexity index is 419. The van der Waals surface area contributed by atoms with E-state index in [1.54, 1.807) is 11.8 Å². The molecule has 1 aliphatic heterocycles. The third-order valence-corrected chi connectivity index (χ3v) is 4.51. The van der Waals surface area contributed by atoms with Crippen molar-refractivity contribution in [3.8, 4) is 0 Å². The van der Waals surface area contributed by atoms with Gasteiger partial charge in [-0.15, -0.1) is 0 Å². The zero-order valence-corrected chi connectivity index (χ0v) is 14.6. The highest BCUT2D eigenvalue weighted by atomic mass is 16.4. The highest BCUT2D eigenvalue weighted by Crippen LogP contribution is 2.25. The smallest absolute Gasteiger partial charge is 0.308 e. The number of hydrogen-bond donors (Lipinski definition) is 1. The first-order valence-electron chi connectivity index (χ1n) is 8.72. The van der Waals surface area contributed by atoms with E-state index in [4.69, 9.17) is 5.11 Å². The minimum absolute atomic E-state index is 0.0356. The second-order valence-corrected chi connectivity index (χ2v) is 6.30. The van der Waals surface area contributed by atoms with Crippen LogP contribution >= 0.6 is 0 Å². The van der Waals surface area contributed by atoms with Gasteiger partial charge in [0.25, 0.3) is 0 Å². The highest BCUT2D eigenvalue weighted by molar-refractivity contribution is 5.81. The number of hydrogen-bond acceptors (Lipinski definition) is 3. The number of carboxylic acids is 1. The molecule has 0 aliphatic carbocycles. The van der Waals surface area contributed by atoms with Crippen LogP contribution in [0.3, 0.4) is 0 Å². The van der Waals surface area contributed by atoms with Crippen LogP contribution in [0.25, 0.3) is 0 Å². The van der Waals surface area contributed by atoms with Gasteiger partial charge in [-0.05, 0) is 32.6 Å². The molecular formula is C17H30N2O4. The molecule has 6 heteroatoms. The molecule has 132 valence electrons. The van der Waals surface area contributed by atoms with E-state index < -0.39 is 11.9 Å². The molecule has 0 radical (unpaired) electrons. The van der Waals surface area contributed by atoms with Gasteiger partial charge in [-0.2, -0.15) is 0 Å². The maximum Gasteiger partial charge on any atom is 0.308 e. The van der Waals surface area contributed by atoms with Crippen molar-refractivity contribution >= 4 is 17.8 Å². The van der Waals surface area contributed by atoms with Gasteiger partial charge in [0.1, 0.15) is 0 Å². The Kier molecular flexibility index (Phi) is 8.06. The second kappa shape index (κ2) is 9.53. The lowest BCUT2D eigenvalue weighted by Crippen LogP contribution is -2.37. The first-order chi connectivity index (χ1) is 10.9. The van der Waals surface area contributed by atoms with Crippen molar-refractivity contribution in [1.82, 2.24) is 9.80 Å². The third-order valence-electron chi connectivity index (χ3n) is 4.51. The standard InChI is InChI=1S/C17H30N2O4/c1-4-10-18(11-5-2)15(20)7-6-8-16(21)19-12-9-14(13(19)3)17(22)23/h13-14H,4-12H2,1-3H3,(H,22,23). The number of carboxylic acid groups (broad SMARTS) is 1. The average molecular weight is 326 g/mol. The summed E-state index contributed by atoms with van der Waals surface area (Å²) in [6, 6.07) is -0.257. The quantitative estimate of drug-likeness (QED) is 0.704. The van der Waals surface area contributed by atoms with Crippen LogP contribution in [0.4, 0.5) is 0 Å². The average Bonchev–Trinajstić information content (AvgIpc) is 2.88. The van der Waals surface area contributed by atoms with Gasteiger partial charge >= 0.3 is 5.97 Å². The second-order valence-electron chi connectivity index (χ2n) is 6.30. The maximum absolute atomic E-state index is 12.2. The molecule has 0 spiro atoms. The summed E-state index contributed by atoms with van der Waals surface area (Å²) in [5.74, 6) is -1.23. The molecule has 1 aliphatic rings. The summed E-state index contributed by atoms with van der Waals surface area (Å²) < 4.78 is 0. The van der Waals surface area contributed by atoms with E-state index in [1.165, 1.54) is 0 Å². The van der Waals surface area contributed by atoms with Crippen LogP contribution in [0.5, 0.6) is 0 Å². The Morgan fingerprint density at radius 2 is 1.74 bits per heavy atom. The molecule has 0 aromatic heterocycles. The van der Waals surface area contributed by atoms with Gasteiger partial charge in [-0.1, -0.05) is 13.8 Å². The molecular weight excluding hydrogens is 296 g/mol. The maximum atomic E-state index is 12.2. The zero-order chi connectivity index (χ0) is 17.4. The molecule has 2 amide bonds. The molecule has 1 saturated heterocycles. The normalized spacial score (nSPS) is 20.6. The number of likely N-dealkylation sites (tertiary alicyclic amines) is 1. The number of carbonyl (C=O) groups is 3. The molecule has 0 saturated carbocycles. The van der Waals surface area contributed by atoms with E-state index >= 15 is 0 Å². The van der Waals surface area contributed by atoms with Gasteiger partial charge < -0.3 is 14.9 Å². The first kappa shape index (κ1) is 19.5. The number of nitrogens with zero attached hydrogens (tertiary/aromatic N) is 2. The van der Waals surface area contributed by atoms with Crippen molar-refractivity contribution < 1.29 is 19.5 Å². The summed E-state index contributed by atoms with van der Waals surface area (Å²) in [6.07, 6.45) is 3.62. The van der Waals surface area contributed by atoms with Crippen molar-refractivity contribution in [2.45, 2.75) is 65.3 Å². The Morgan fingerprint density at radius 3 is 2.22 bits per heavy atom. The predicted octanol–water partition coefficient (Wildman–Crippen LogP) is 2.13. The fourth-order valence-electron chi connectivity index (χ4n) is 3.22. The number of carbonyl (C=O) groups excluding carboxylic acids is 2. The van der Waals surface area contributed by atoms with Gasteiger partial charge in [0.15, 0.2) is 0 Å². The third kappa shape index (κ3) is 5.52. The summed E-state index contributed by atoms with van der Waals surface area (Å²) in [5.41, 5.74) is 0. The lowest BCUT2D eigenvalue weighted by Gasteiger charge is -2.24. The number of amides is 2. The van der Waals surface area contributed by atoms with Crippen molar-refractivity contribution in [1.29, 1.82) is 0 Å². The fraction of sp³-hybridized carbons (Fsp3) is 0.824. The summed E-state index contributed by atoms with van der Waals surface area (Å²) in [6.45, 7) is 7.93. The van der Waals surface area contributed by atoms with Crippen LogP contribution in [0.15, 0.2) is 0 Å². The van der Waals surface area contributed by atoms with Crippen LogP contribution in [0.2, 0.25) is 0 Å². The van der Waals surface area contributed by atoms with Gasteiger partial charge in [0, 0.05) is 38.5 Å². The van der Waals surface area contributed by atoms with Crippen molar-refractivity contribution in [3.63, 3.8) is 0 Å². The van der Waals surface area contributed by atoms with E-state index in [1.807, 2.05) is 18.7 Å². The largest absolute Gasteiger partial charge is 0.481 e. The molecule has 2 unspecified atom stereocenters. The molecule has 1 N–H and O–H groups in total. The lowest BCUT2D eigenvalue weighted by atomic mass is 10.0. The van der Waals surface area contributed by atoms with Crippen LogP contribution < -0.4 is 0 Å². The molecule has 2 atom stereocenters. The summed E-state index contributed by atoms with van der Waals surface area (Å²) in [5, 5.41) is 9.11.